The van der Waals surface area contributed by atoms with Gasteiger partial charge in [-0.15, -0.1) is 4.57 Å². The summed E-state index contributed by atoms with van der Waals surface area (Å²) < 4.78 is 11.6. The third-order valence-electron chi connectivity index (χ3n) is 4.35. The minimum Gasteiger partial charge on any atom is -0.456 e. The fourth-order valence-electron chi connectivity index (χ4n) is 2.94. The van der Waals surface area contributed by atoms with E-state index in [0.717, 1.165) is 4.57 Å². The summed E-state index contributed by atoms with van der Waals surface area (Å²) in [5.41, 5.74) is 1.18. The average molecular weight is 438 g/mol. The molecule has 2 aromatic carbocycles. The molecule has 0 spiro atoms. The number of carbonyl (C=O) groups excluding carboxylic acids is 2. The first-order valence-electron chi connectivity index (χ1n) is 9.23. The highest BCUT2D eigenvalue weighted by Crippen LogP contribution is 2.18. The normalized spacial score (nSPS) is 10.8. The van der Waals surface area contributed by atoms with Gasteiger partial charge in [-0.05, 0) is 37.3 Å². The molecule has 9 heteroatoms. The van der Waals surface area contributed by atoms with Crippen LogP contribution in [0.2, 0.25) is 5.02 Å². The highest BCUT2D eigenvalue weighted by Gasteiger charge is 2.14. The van der Waals surface area contributed by atoms with E-state index in [9.17, 15) is 14.4 Å². The number of rotatable bonds is 5. The zero-order valence-corrected chi connectivity index (χ0v) is 17.1. The fraction of sp³-hybridized carbons (Fsp3) is 0.0909. The Kier molecular flexibility index (Phi) is 5.55. The lowest BCUT2D eigenvalue weighted by Gasteiger charge is -2.09. The van der Waals surface area contributed by atoms with Gasteiger partial charge in [0.15, 0.2) is 5.65 Å². The molecule has 4 rings (SSSR count). The predicted octanol–water partition coefficient (Wildman–Crippen LogP) is 3.86. The Hall–Kier alpha value is -3.91. The summed E-state index contributed by atoms with van der Waals surface area (Å²) >= 11 is 6.04. The number of carbonyl (C=O) groups is 2. The molecule has 0 aliphatic carbocycles. The number of halogens is 1. The third-order valence-corrected chi connectivity index (χ3v) is 4.68. The van der Waals surface area contributed by atoms with Crippen molar-refractivity contribution in [1.82, 2.24) is 9.56 Å². The Morgan fingerprint density at radius 1 is 1.13 bits per heavy atom. The highest BCUT2D eigenvalue weighted by molar-refractivity contribution is 6.34. The van der Waals surface area contributed by atoms with Gasteiger partial charge in [0.2, 0.25) is 0 Å². The van der Waals surface area contributed by atoms with Crippen molar-refractivity contribution in [3.8, 4) is 0 Å². The number of aromatic nitrogens is 2. The summed E-state index contributed by atoms with van der Waals surface area (Å²) in [5, 5.41) is 3.02. The molecule has 31 heavy (non-hydrogen) atoms. The van der Waals surface area contributed by atoms with E-state index in [0.29, 0.717) is 33.4 Å². The molecule has 2 aromatic heterocycles. The van der Waals surface area contributed by atoms with E-state index in [1.165, 1.54) is 12.1 Å². The van der Waals surface area contributed by atoms with Crippen LogP contribution in [0, 0.1) is 6.92 Å². The minimum absolute atomic E-state index is 0.189. The van der Waals surface area contributed by atoms with Gasteiger partial charge in [0, 0.05) is 17.8 Å². The van der Waals surface area contributed by atoms with Crippen LogP contribution in [0.1, 0.15) is 32.2 Å². The van der Waals surface area contributed by atoms with Crippen molar-refractivity contribution in [3.63, 3.8) is 0 Å². The van der Waals surface area contributed by atoms with Crippen LogP contribution in [0.3, 0.4) is 0 Å². The molecule has 0 unspecified atom stereocenters. The number of hydrogen-bond donors (Lipinski definition) is 1. The van der Waals surface area contributed by atoms with Crippen LogP contribution in [0.25, 0.3) is 5.65 Å². The molecule has 156 valence electrons. The highest BCUT2D eigenvalue weighted by atomic mass is 35.5. The maximum atomic E-state index is 12.4. The molecule has 8 nitrogen and oxygen atoms in total. The Balaban J connectivity index is 1.45. The topological polar surface area (TPSA) is 103 Å². The quantitative estimate of drug-likeness (QED) is 0.475. The maximum Gasteiger partial charge on any atom is 0.338 e. The molecule has 0 saturated carbocycles. The van der Waals surface area contributed by atoms with Crippen molar-refractivity contribution < 1.29 is 18.8 Å². The second kappa shape index (κ2) is 8.45. The molecule has 0 atom stereocenters. The number of esters is 1. The number of hydrogen-bond acceptors (Lipinski definition) is 6. The largest absolute Gasteiger partial charge is 0.456 e. The van der Waals surface area contributed by atoms with Crippen molar-refractivity contribution in [1.29, 1.82) is 0 Å². The Morgan fingerprint density at radius 2 is 1.94 bits per heavy atom. The Labute approximate surface area is 181 Å². The van der Waals surface area contributed by atoms with Crippen LogP contribution in [-0.4, -0.2) is 21.4 Å². The summed E-state index contributed by atoms with van der Waals surface area (Å²) in [5.74, 6) is -0.488. The first kappa shape index (κ1) is 20.4. The minimum atomic E-state index is -0.626. The molecule has 1 N–H and O–H groups in total. The van der Waals surface area contributed by atoms with Crippen LogP contribution in [0.5, 0.6) is 0 Å². The lowest BCUT2D eigenvalue weighted by molar-refractivity contribution is 0.0467. The average Bonchev–Trinajstić information content (AvgIpc) is 3.13. The van der Waals surface area contributed by atoms with Crippen LogP contribution in [0.4, 0.5) is 5.69 Å². The van der Waals surface area contributed by atoms with Crippen molar-refractivity contribution in [3.05, 3.63) is 98.6 Å². The van der Waals surface area contributed by atoms with E-state index >= 15 is 0 Å². The van der Waals surface area contributed by atoms with Crippen molar-refractivity contribution in [2.45, 2.75) is 13.5 Å². The number of anilines is 1. The number of nitrogens with zero attached hydrogens (tertiary/aromatic N) is 2. The first-order chi connectivity index (χ1) is 14.9. The van der Waals surface area contributed by atoms with Gasteiger partial charge in [-0.25, -0.2) is 9.78 Å². The zero-order chi connectivity index (χ0) is 22.0. The number of benzene rings is 2. The van der Waals surface area contributed by atoms with E-state index in [-0.39, 0.29) is 12.2 Å². The summed E-state index contributed by atoms with van der Waals surface area (Å²) in [6, 6.07) is 15.8. The first-order valence-corrected chi connectivity index (χ1v) is 9.61. The van der Waals surface area contributed by atoms with E-state index in [1.54, 1.807) is 55.5 Å². The van der Waals surface area contributed by atoms with E-state index < -0.39 is 17.4 Å². The molecule has 0 bridgehead atoms. The molecule has 2 heterocycles. The summed E-state index contributed by atoms with van der Waals surface area (Å²) in [4.78, 5) is 41.2. The van der Waals surface area contributed by atoms with Crippen LogP contribution in [-0.2, 0) is 11.3 Å². The maximum absolute atomic E-state index is 12.4. The van der Waals surface area contributed by atoms with Crippen molar-refractivity contribution in [2.75, 3.05) is 5.32 Å². The Morgan fingerprint density at radius 3 is 2.74 bits per heavy atom. The number of nitrogens with one attached hydrogen (secondary N) is 1. The summed E-state index contributed by atoms with van der Waals surface area (Å²) in [6.07, 6.45) is 0. The van der Waals surface area contributed by atoms with Gasteiger partial charge >= 0.3 is 5.97 Å². The second-order valence-corrected chi connectivity index (χ2v) is 7.08. The number of amides is 1. The van der Waals surface area contributed by atoms with Gasteiger partial charge in [0.25, 0.3) is 11.5 Å². The molecule has 0 radical (unpaired) electrons. The van der Waals surface area contributed by atoms with E-state index in [4.69, 9.17) is 20.9 Å². The van der Waals surface area contributed by atoms with E-state index in [1.807, 2.05) is 0 Å². The van der Waals surface area contributed by atoms with Gasteiger partial charge in [0.1, 0.15) is 12.4 Å². The second-order valence-electron chi connectivity index (χ2n) is 6.68. The Bertz CT molecular complexity index is 1360. The molecular formula is C22H16ClN3O5. The van der Waals surface area contributed by atoms with Crippen LogP contribution >= 0.6 is 11.6 Å². The SMILES string of the molecule is Cc1cc2nc(COC(=O)c3cccc(NC(=O)c4ccccc4Cl)c3)cc(=O)n2o1. The molecule has 0 saturated heterocycles. The van der Waals surface area contributed by atoms with Crippen LogP contribution < -0.4 is 10.9 Å². The number of ether oxygens (including phenoxy) is 1. The fourth-order valence-corrected chi connectivity index (χ4v) is 3.16. The molecular weight excluding hydrogens is 422 g/mol. The lowest BCUT2D eigenvalue weighted by atomic mass is 10.1. The van der Waals surface area contributed by atoms with Crippen molar-refractivity contribution in [2.24, 2.45) is 0 Å². The molecule has 0 aliphatic rings. The molecule has 1 amide bonds. The molecule has 0 aliphatic heterocycles. The predicted molar refractivity (Wildman–Crippen MR) is 113 cm³/mol. The third kappa shape index (κ3) is 4.49. The standard InChI is InChI=1S/C22H16ClN3O5/c1-13-9-19-24-16(11-20(27)26(19)31-13)12-30-22(29)14-5-4-6-15(10-14)25-21(28)17-7-2-3-8-18(17)23/h2-11H,12H2,1H3,(H,25,28). The zero-order valence-electron chi connectivity index (χ0n) is 16.3. The van der Waals surface area contributed by atoms with Crippen molar-refractivity contribution >= 4 is 34.8 Å². The van der Waals surface area contributed by atoms with Gasteiger partial charge in [0.05, 0.1) is 21.8 Å². The smallest absolute Gasteiger partial charge is 0.338 e. The van der Waals surface area contributed by atoms with Gasteiger partial charge < -0.3 is 14.6 Å². The summed E-state index contributed by atoms with van der Waals surface area (Å²) in [6.45, 7) is 1.51. The lowest BCUT2D eigenvalue weighted by Crippen LogP contribution is -2.15. The molecule has 0 fully saturated rings. The van der Waals surface area contributed by atoms with Gasteiger partial charge in [-0.1, -0.05) is 29.8 Å². The van der Waals surface area contributed by atoms with Crippen LogP contribution in [0.15, 0.2) is 70.0 Å². The summed E-state index contributed by atoms with van der Waals surface area (Å²) in [7, 11) is 0. The van der Waals surface area contributed by atoms with Gasteiger partial charge in [-0.2, -0.15) is 0 Å². The number of fused-ring (bicyclic) bond motifs is 1. The monoisotopic (exact) mass is 437 g/mol. The number of aryl methyl sites for hydroxylation is 1. The van der Waals surface area contributed by atoms with Gasteiger partial charge in [-0.3, -0.25) is 9.59 Å². The van der Waals surface area contributed by atoms with E-state index in [2.05, 4.69) is 10.3 Å². The molecule has 4 aromatic rings.